The number of para-hydroxylation sites is 1. The van der Waals surface area contributed by atoms with Crippen LogP contribution in [0.15, 0.2) is 54.6 Å². The lowest BCUT2D eigenvalue weighted by atomic mass is 10.1. The van der Waals surface area contributed by atoms with Gasteiger partial charge in [-0.2, -0.15) is 0 Å². The minimum Gasteiger partial charge on any atom is -0.382 e. The quantitative estimate of drug-likeness (QED) is 0.778. The van der Waals surface area contributed by atoms with E-state index in [9.17, 15) is 0 Å². The Morgan fingerprint density at radius 3 is 1.65 bits per heavy atom. The summed E-state index contributed by atoms with van der Waals surface area (Å²) in [7, 11) is 0. The van der Waals surface area contributed by atoms with Crippen molar-refractivity contribution in [1.82, 2.24) is 0 Å². The Labute approximate surface area is 124 Å². The van der Waals surface area contributed by atoms with Gasteiger partial charge in [0.1, 0.15) is 0 Å². The maximum Gasteiger partial charge on any atom is 0.0342 e. The second kappa shape index (κ2) is 9.19. The number of nitrogens with one attached hydrogen (secondary N) is 1. The molecule has 0 amide bonds. The van der Waals surface area contributed by atoms with Crippen LogP contribution in [0.3, 0.4) is 0 Å². The summed E-state index contributed by atoms with van der Waals surface area (Å²) in [5, 5.41) is 3.59. The average molecular weight is 269 g/mol. The molecule has 1 nitrogen and oxygen atoms in total. The van der Waals surface area contributed by atoms with E-state index >= 15 is 0 Å². The van der Waals surface area contributed by atoms with Gasteiger partial charge in [0, 0.05) is 11.7 Å². The number of benzene rings is 2. The van der Waals surface area contributed by atoms with E-state index in [1.165, 1.54) is 16.8 Å². The van der Waals surface area contributed by atoms with E-state index in [-0.39, 0.29) is 0 Å². The van der Waals surface area contributed by atoms with Crippen LogP contribution >= 0.6 is 0 Å². The highest BCUT2D eigenvalue weighted by molar-refractivity contribution is 5.46. The van der Waals surface area contributed by atoms with Crippen LogP contribution in [-0.2, 0) is 12.8 Å². The molecule has 0 unspecified atom stereocenters. The second-order valence-corrected chi connectivity index (χ2v) is 4.38. The zero-order chi connectivity index (χ0) is 14.8. The van der Waals surface area contributed by atoms with Crippen molar-refractivity contribution in [2.45, 2.75) is 46.6 Å². The van der Waals surface area contributed by atoms with Gasteiger partial charge in [-0.15, -0.1) is 0 Å². The van der Waals surface area contributed by atoms with Crippen LogP contribution in [0.5, 0.6) is 0 Å². The van der Waals surface area contributed by atoms with Gasteiger partial charge < -0.3 is 5.32 Å². The van der Waals surface area contributed by atoms with Crippen LogP contribution in [0.2, 0.25) is 0 Å². The van der Waals surface area contributed by atoms with E-state index in [0.29, 0.717) is 6.04 Å². The van der Waals surface area contributed by atoms with Crippen molar-refractivity contribution >= 4 is 5.69 Å². The smallest absolute Gasteiger partial charge is 0.0342 e. The van der Waals surface area contributed by atoms with Crippen LogP contribution in [0.4, 0.5) is 5.69 Å². The number of hydrogen-bond donors (Lipinski definition) is 1. The maximum absolute atomic E-state index is 3.59. The maximum atomic E-state index is 3.59. The molecule has 0 saturated carbocycles. The predicted molar refractivity (Wildman–Crippen MR) is 90.4 cm³/mol. The highest BCUT2D eigenvalue weighted by atomic mass is 14.9. The van der Waals surface area contributed by atoms with E-state index < -0.39 is 0 Å². The van der Waals surface area contributed by atoms with Crippen molar-refractivity contribution in [2.24, 2.45) is 0 Å². The normalized spacial score (nSPS) is 12.4. The first-order chi connectivity index (χ1) is 9.92. The van der Waals surface area contributed by atoms with Crippen LogP contribution < -0.4 is 5.32 Å². The van der Waals surface area contributed by atoms with Crippen LogP contribution in [-0.4, -0.2) is 6.04 Å². The molecule has 0 radical (unpaired) electrons. The molecular weight excluding hydrogens is 242 g/mol. The SMILES string of the molecule is CC.CC.c1ccc(NC2Cc3ccccc3C2)cc1. The van der Waals surface area contributed by atoms with E-state index in [2.05, 4.69) is 59.9 Å². The summed E-state index contributed by atoms with van der Waals surface area (Å²) in [5.74, 6) is 0. The Morgan fingerprint density at radius 1 is 0.700 bits per heavy atom. The van der Waals surface area contributed by atoms with E-state index in [0.717, 1.165) is 12.8 Å². The molecule has 1 N–H and O–H groups in total. The highest BCUT2D eigenvalue weighted by Gasteiger charge is 2.20. The monoisotopic (exact) mass is 269 g/mol. The molecule has 2 aromatic carbocycles. The Bertz CT molecular complexity index is 451. The molecule has 2 aromatic rings. The molecule has 1 heteroatoms. The molecule has 1 aliphatic carbocycles. The Balaban J connectivity index is 0.000000461. The number of rotatable bonds is 2. The van der Waals surface area contributed by atoms with Crippen LogP contribution in [0, 0.1) is 0 Å². The molecule has 3 rings (SSSR count). The molecule has 0 aromatic heterocycles. The minimum atomic E-state index is 0.555. The summed E-state index contributed by atoms with van der Waals surface area (Å²) in [5.41, 5.74) is 4.21. The first kappa shape index (κ1) is 16.3. The average Bonchev–Trinajstić information content (AvgIpc) is 2.94. The van der Waals surface area contributed by atoms with Gasteiger partial charge in [-0.25, -0.2) is 0 Å². The van der Waals surface area contributed by atoms with Crippen molar-refractivity contribution in [1.29, 1.82) is 0 Å². The molecule has 0 bridgehead atoms. The third kappa shape index (κ3) is 4.41. The lowest BCUT2D eigenvalue weighted by Gasteiger charge is -2.13. The lowest BCUT2D eigenvalue weighted by molar-refractivity contribution is 0.774. The largest absolute Gasteiger partial charge is 0.382 e. The minimum absolute atomic E-state index is 0.555. The van der Waals surface area contributed by atoms with Gasteiger partial charge >= 0.3 is 0 Å². The molecule has 0 aliphatic heterocycles. The third-order valence-corrected chi connectivity index (χ3v) is 3.20. The van der Waals surface area contributed by atoms with Crippen LogP contribution in [0.1, 0.15) is 38.8 Å². The zero-order valence-electron chi connectivity index (χ0n) is 13.2. The number of hydrogen-bond acceptors (Lipinski definition) is 1. The summed E-state index contributed by atoms with van der Waals surface area (Å²) < 4.78 is 0. The van der Waals surface area contributed by atoms with Gasteiger partial charge in [-0.3, -0.25) is 0 Å². The molecule has 0 atom stereocenters. The van der Waals surface area contributed by atoms with Gasteiger partial charge in [0.05, 0.1) is 0 Å². The Kier molecular flexibility index (Phi) is 7.49. The van der Waals surface area contributed by atoms with E-state index in [1.54, 1.807) is 0 Å². The topological polar surface area (TPSA) is 12.0 Å². The van der Waals surface area contributed by atoms with Gasteiger partial charge in [0.25, 0.3) is 0 Å². The molecule has 20 heavy (non-hydrogen) atoms. The fourth-order valence-electron chi connectivity index (χ4n) is 2.43. The van der Waals surface area contributed by atoms with Gasteiger partial charge in [-0.05, 0) is 36.1 Å². The molecular formula is C19H27N. The summed E-state index contributed by atoms with van der Waals surface area (Å²) >= 11 is 0. The highest BCUT2D eigenvalue weighted by Crippen LogP contribution is 2.24. The fraction of sp³-hybridized carbons (Fsp3) is 0.368. The van der Waals surface area contributed by atoms with E-state index in [4.69, 9.17) is 0 Å². The Morgan fingerprint density at radius 2 is 1.15 bits per heavy atom. The predicted octanol–water partition coefficient (Wildman–Crippen LogP) is 5.32. The van der Waals surface area contributed by atoms with Gasteiger partial charge in [-0.1, -0.05) is 70.2 Å². The number of anilines is 1. The fourth-order valence-corrected chi connectivity index (χ4v) is 2.43. The molecule has 0 saturated heterocycles. The first-order valence-corrected chi connectivity index (χ1v) is 7.80. The summed E-state index contributed by atoms with van der Waals surface area (Å²) in [6.45, 7) is 8.00. The molecule has 0 heterocycles. The Hall–Kier alpha value is -1.76. The van der Waals surface area contributed by atoms with Crippen molar-refractivity contribution in [3.05, 3.63) is 65.7 Å². The zero-order valence-corrected chi connectivity index (χ0v) is 13.2. The summed E-state index contributed by atoms with van der Waals surface area (Å²) in [6.07, 6.45) is 2.29. The molecule has 108 valence electrons. The van der Waals surface area contributed by atoms with Crippen molar-refractivity contribution in [2.75, 3.05) is 5.32 Å². The standard InChI is InChI=1S/C15H15N.2C2H6/c1-2-8-14(9-3-1)16-15-10-12-6-4-5-7-13(12)11-15;2*1-2/h1-9,15-16H,10-11H2;2*1-2H3. The van der Waals surface area contributed by atoms with Crippen molar-refractivity contribution in [3.8, 4) is 0 Å². The van der Waals surface area contributed by atoms with Gasteiger partial charge in [0.2, 0.25) is 0 Å². The van der Waals surface area contributed by atoms with Crippen LogP contribution in [0.25, 0.3) is 0 Å². The molecule has 1 aliphatic rings. The first-order valence-electron chi connectivity index (χ1n) is 7.80. The molecule has 0 fully saturated rings. The molecule has 0 spiro atoms. The lowest BCUT2D eigenvalue weighted by Crippen LogP contribution is -2.19. The van der Waals surface area contributed by atoms with Gasteiger partial charge in [0.15, 0.2) is 0 Å². The van der Waals surface area contributed by atoms with Crippen molar-refractivity contribution < 1.29 is 0 Å². The number of fused-ring (bicyclic) bond motifs is 1. The summed E-state index contributed by atoms with van der Waals surface area (Å²) in [6, 6.07) is 19.7. The third-order valence-electron chi connectivity index (χ3n) is 3.20. The van der Waals surface area contributed by atoms with E-state index in [1.807, 2.05) is 27.7 Å². The van der Waals surface area contributed by atoms with Crippen molar-refractivity contribution in [3.63, 3.8) is 0 Å². The summed E-state index contributed by atoms with van der Waals surface area (Å²) in [4.78, 5) is 0. The second-order valence-electron chi connectivity index (χ2n) is 4.38.